The Balaban J connectivity index is 1.79. The van der Waals surface area contributed by atoms with Gasteiger partial charge in [0.25, 0.3) is 0 Å². The second-order valence-electron chi connectivity index (χ2n) is 7.93. The smallest absolute Gasteiger partial charge is 0.352 e. The van der Waals surface area contributed by atoms with Gasteiger partial charge >= 0.3 is 6.18 Å². The van der Waals surface area contributed by atoms with E-state index in [2.05, 4.69) is 5.32 Å². The summed E-state index contributed by atoms with van der Waals surface area (Å²) in [5.74, 6) is -1.43. The topological polar surface area (TPSA) is 52.7 Å². The van der Waals surface area contributed by atoms with E-state index in [1.165, 1.54) is 6.92 Å². The van der Waals surface area contributed by atoms with Crippen molar-refractivity contribution >= 4 is 11.8 Å². The van der Waals surface area contributed by atoms with Crippen molar-refractivity contribution in [3.63, 3.8) is 0 Å². The Labute approximate surface area is 146 Å². The predicted octanol–water partition coefficient (Wildman–Crippen LogP) is 2.02. The Morgan fingerprint density at radius 1 is 1.12 bits per heavy atom. The number of halogens is 3. The molecule has 0 aliphatic carbocycles. The van der Waals surface area contributed by atoms with Crippen LogP contribution < -0.4 is 5.32 Å². The molecule has 0 unspecified atom stereocenters. The zero-order valence-electron chi connectivity index (χ0n) is 15.2. The first-order chi connectivity index (χ1) is 11.5. The quantitative estimate of drug-likeness (QED) is 0.835. The van der Waals surface area contributed by atoms with Gasteiger partial charge in [-0.15, -0.1) is 0 Å². The summed E-state index contributed by atoms with van der Waals surface area (Å²) in [4.78, 5) is 27.1. The first-order valence-electron chi connectivity index (χ1n) is 8.83. The minimum atomic E-state index is -4.19. The largest absolute Gasteiger partial charge is 0.392 e. The average Bonchev–Trinajstić information content (AvgIpc) is 2.45. The van der Waals surface area contributed by atoms with E-state index in [1.54, 1.807) is 18.7 Å². The Bertz CT molecular complexity index is 500. The third-order valence-electron chi connectivity index (χ3n) is 5.38. The van der Waals surface area contributed by atoms with E-state index in [9.17, 15) is 22.8 Å². The number of carbonyl (C=O) groups is 2. The van der Waals surface area contributed by atoms with Gasteiger partial charge in [0.2, 0.25) is 11.8 Å². The standard InChI is InChI=1S/C17H28F3N3O2/c1-12(24)23-8-4-13(5-9-23)21-15(25)10-22-7-6-14(17(18,19)20)16(2,3)11-22/h13-14H,4-11H2,1-3H3,(H,21,25)/t14-/m1/s1. The molecule has 2 heterocycles. The van der Waals surface area contributed by atoms with Crippen LogP contribution in [0.25, 0.3) is 0 Å². The molecule has 0 radical (unpaired) electrons. The lowest BCUT2D eigenvalue weighted by Gasteiger charge is -2.44. The number of nitrogens with zero attached hydrogens (tertiary/aromatic N) is 2. The van der Waals surface area contributed by atoms with Crippen molar-refractivity contribution in [3.05, 3.63) is 0 Å². The van der Waals surface area contributed by atoms with Gasteiger partial charge < -0.3 is 10.2 Å². The SMILES string of the molecule is CC(=O)N1CCC(NC(=O)CN2CC[C@@H](C(F)(F)F)C(C)(C)C2)CC1. The fraction of sp³-hybridized carbons (Fsp3) is 0.882. The fourth-order valence-electron chi connectivity index (χ4n) is 4.02. The molecule has 2 fully saturated rings. The van der Waals surface area contributed by atoms with Gasteiger partial charge in [0.15, 0.2) is 0 Å². The van der Waals surface area contributed by atoms with Gasteiger partial charge in [0.1, 0.15) is 0 Å². The van der Waals surface area contributed by atoms with Gasteiger partial charge in [0, 0.05) is 32.6 Å². The zero-order chi connectivity index (χ0) is 18.8. The molecule has 0 aromatic heterocycles. The van der Waals surface area contributed by atoms with Crippen molar-refractivity contribution in [2.75, 3.05) is 32.7 Å². The van der Waals surface area contributed by atoms with Gasteiger partial charge in [-0.05, 0) is 31.2 Å². The molecule has 2 amide bonds. The highest BCUT2D eigenvalue weighted by Crippen LogP contribution is 2.44. The van der Waals surface area contributed by atoms with Crippen LogP contribution in [0, 0.1) is 11.3 Å². The number of hydrogen-bond acceptors (Lipinski definition) is 3. The normalized spacial score (nSPS) is 25.7. The van der Waals surface area contributed by atoms with E-state index < -0.39 is 17.5 Å². The zero-order valence-corrected chi connectivity index (χ0v) is 15.2. The van der Waals surface area contributed by atoms with Crippen molar-refractivity contribution in [2.24, 2.45) is 11.3 Å². The first kappa shape index (κ1) is 20.0. The summed E-state index contributed by atoms with van der Waals surface area (Å²) in [6.45, 7) is 6.69. The molecular formula is C17H28F3N3O2. The van der Waals surface area contributed by atoms with E-state index in [0.29, 0.717) is 25.9 Å². The molecule has 2 aliphatic heterocycles. The van der Waals surface area contributed by atoms with E-state index in [1.807, 2.05) is 4.90 Å². The predicted molar refractivity (Wildman–Crippen MR) is 87.8 cm³/mol. The number of amides is 2. The number of carbonyl (C=O) groups excluding carboxylic acids is 2. The Morgan fingerprint density at radius 3 is 2.20 bits per heavy atom. The van der Waals surface area contributed by atoms with Crippen LogP contribution in [0.5, 0.6) is 0 Å². The molecule has 0 aromatic rings. The molecule has 0 spiro atoms. The summed E-state index contributed by atoms with van der Waals surface area (Å²) < 4.78 is 39.3. The summed E-state index contributed by atoms with van der Waals surface area (Å²) in [5.41, 5.74) is -0.899. The molecular weight excluding hydrogens is 335 g/mol. The second-order valence-corrected chi connectivity index (χ2v) is 7.93. The lowest BCUT2D eigenvalue weighted by Crippen LogP contribution is -2.54. The van der Waals surface area contributed by atoms with Gasteiger partial charge in [-0.25, -0.2) is 0 Å². The maximum Gasteiger partial charge on any atom is 0.392 e. The summed E-state index contributed by atoms with van der Waals surface area (Å²) >= 11 is 0. The molecule has 0 aromatic carbocycles. The number of likely N-dealkylation sites (tertiary alicyclic amines) is 2. The molecule has 2 rings (SSSR count). The maximum atomic E-state index is 13.1. The Hall–Kier alpha value is -1.31. The van der Waals surface area contributed by atoms with Crippen LogP contribution in [0.2, 0.25) is 0 Å². The van der Waals surface area contributed by atoms with Crippen LogP contribution in [0.3, 0.4) is 0 Å². The van der Waals surface area contributed by atoms with Gasteiger partial charge in [-0.1, -0.05) is 13.8 Å². The molecule has 5 nitrogen and oxygen atoms in total. The monoisotopic (exact) mass is 363 g/mol. The molecule has 0 bridgehead atoms. The molecule has 0 saturated carbocycles. The molecule has 1 atom stereocenters. The lowest BCUT2D eigenvalue weighted by atomic mass is 9.73. The number of piperidine rings is 2. The van der Waals surface area contributed by atoms with E-state index in [0.717, 1.165) is 0 Å². The fourth-order valence-corrected chi connectivity index (χ4v) is 4.02. The highest BCUT2D eigenvalue weighted by Gasteiger charge is 2.51. The van der Waals surface area contributed by atoms with Gasteiger partial charge in [-0.2, -0.15) is 13.2 Å². The van der Waals surface area contributed by atoms with Crippen molar-refractivity contribution < 1.29 is 22.8 Å². The molecule has 25 heavy (non-hydrogen) atoms. The van der Waals surface area contributed by atoms with Crippen LogP contribution in [0.1, 0.15) is 40.0 Å². The summed E-state index contributed by atoms with van der Waals surface area (Å²) in [6.07, 6.45) is -2.73. The Kier molecular flexibility index (Phi) is 6.01. The third kappa shape index (κ3) is 5.33. The lowest BCUT2D eigenvalue weighted by molar-refractivity contribution is -0.216. The van der Waals surface area contributed by atoms with Crippen molar-refractivity contribution in [2.45, 2.75) is 52.3 Å². The van der Waals surface area contributed by atoms with Crippen molar-refractivity contribution in [1.82, 2.24) is 15.1 Å². The summed E-state index contributed by atoms with van der Waals surface area (Å²) in [6, 6.07) is 0.0313. The molecule has 8 heteroatoms. The molecule has 2 saturated heterocycles. The average molecular weight is 363 g/mol. The summed E-state index contributed by atoms with van der Waals surface area (Å²) in [7, 11) is 0. The second kappa shape index (κ2) is 7.51. The molecule has 1 N–H and O–H groups in total. The van der Waals surface area contributed by atoms with Crippen molar-refractivity contribution in [3.8, 4) is 0 Å². The van der Waals surface area contributed by atoms with E-state index in [4.69, 9.17) is 0 Å². The molecule has 144 valence electrons. The van der Waals surface area contributed by atoms with Gasteiger partial charge in [0.05, 0.1) is 12.5 Å². The first-order valence-corrected chi connectivity index (χ1v) is 8.83. The number of hydrogen-bond donors (Lipinski definition) is 1. The molecule has 2 aliphatic rings. The van der Waals surface area contributed by atoms with Gasteiger partial charge in [-0.3, -0.25) is 14.5 Å². The minimum Gasteiger partial charge on any atom is -0.352 e. The van der Waals surface area contributed by atoms with E-state index in [-0.39, 0.29) is 43.9 Å². The highest BCUT2D eigenvalue weighted by atomic mass is 19.4. The number of nitrogens with one attached hydrogen (secondary N) is 1. The van der Waals surface area contributed by atoms with Crippen molar-refractivity contribution in [1.29, 1.82) is 0 Å². The number of rotatable bonds is 3. The highest BCUT2D eigenvalue weighted by molar-refractivity contribution is 5.78. The Morgan fingerprint density at radius 2 is 1.72 bits per heavy atom. The number of alkyl halides is 3. The van der Waals surface area contributed by atoms with Crippen LogP contribution >= 0.6 is 0 Å². The van der Waals surface area contributed by atoms with Crippen LogP contribution in [-0.2, 0) is 9.59 Å². The van der Waals surface area contributed by atoms with E-state index >= 15 is 0 Å². The summed E-state index contributed by atoms with van der Waals surface area (Å²) in [5, 5.41) is 2.95. The minimum absolute atomic E-state index is 0.0286. The van der Waals surface area contributed by atoms with Crippen LogP contribution in [-0.4, -0.2) is 66.6 Å². The van der Waals surface area contributed by atoms with Crippen LogP contribution in [0.15, 0.2) is 0 Å². The maximum absolute atomic E-state index is 13.1. The third-order valence-corrected chi connectivity index (χ3v) is 5.38. The van der Waals surface area contributed by atoms with Crippen LogP contribution in [0.4, 0.5) is 13.2 Å².